The molecule has 1 fully saturated rings. The second kappa shape index (κ2) is 9.85. The van der Waals surface area contributed by atoms with E-state index in [1.165, 1.54) is 6.07 Å². The highest BCUT2D eigenvalue weighted by Gasteiger charge is 2.31. The Labute approximate surface area is 179 Å². The molecule has 166 valence electrons. The number of alkyl halides is 3. The Bertz CT molecular complexity index is 905. The number of amides is 2. The summed E-state index contributed by atoms with van der Waals surface area (Å²) >= 11 is 0. The van der Waals surface area contributed by atoms with E-state index >= 15 is 0 Å². The molecule has 0 atom stereocenters. The van der Waals surface area contributed by atoms with Crippen molar-refractivity contribution in [3.05, 3.63) is 59.7 Å². The minimum absolute atomic E-state index is 0.0494. The van der Waals surface area contributed by atoms with Gasteiger partial charge in [-0.3, -0.25) is 9.59 Å². The summed E-state index contributed by atoms with van der Waals surface area (Å²) in [4.78, 5) is 28.1. The summed E-state index contributed by atoms with van der Waals surface area (Å²) in [5, 5.41) is 2.81. The molecule has 0 spiro atoms. The van der Waals surface area contributed by atoms with Crippen LogP contribution in [0.2, 0.25) is 0 Å². The summed E-state index contributed by atoms with van der Waals surface area (Å²) in [6.07, 6.45) is -2.14. The Hall–Kier alpha value is -3.03. The summed E-state index contributed by atoms with van der Waals surface area (Å²) in [5.41, 5.74) is 0.988. The van der Waals surface area contributed by atoms with Gasteiger partial charge in [-0.2, -0.15) is 13.2 Å². The molecule has 0 saturated carbocycles. The van der Waals surface area contributed by atoms with Gasteiger partial charge in [-0.25, -0.2) is 0 Å². The molecule has 1 heterocycles. The van der Waals surface area contributed by atoms with Crippen LogP contribution in [-0.2, 0) is 11.0 Å². The maximum atomic E-state index is 12.9. The predicted molar refractivity (Wildman–Crippen MR) is 114 cm³/mol. The lowest BCUT2D eigenvalue weighted by Gasteiger charge is -2.36. The molecular weight excluding hydrogens is 407 g/mol. The summed E-state index contributed by atoms with van der Waals surface area (Å²) in [5.74, 6) is -0.181. The number of carbonyl (C=O) groups excluding carboxylic acids is 2. The predicted octanol–water partition coefficient (Wildman–Crippen LogP) is 4.80. The molecule has 1 N–H and O–H groups in total. The number of hydrogen-bond acceptors (Lipinski definition) is 3. The molecule has 3 rings (SSSR count). The van der Waals surface area contributed by atoms with Crippen LogP contribution in [0.5, 0.6) is 0 Å². The number of halogens is 3. The van der Waals surface area contributed by atoms with Crippen molar-refractivity contribution in [1.29, 1.82) is 0 Å². The highest BCUT2D eigenvalue weighted by atomic mass is 19.4. The number of anilines is 2. The average Bonchev–Trinajstić information content (AvgIpc) is 2.77. The Morgan fingerprint density at radius 2 is 1.68 bits per heavy atom. The van der Waals surface area contributed by atoms with E-state index < -0.39 is 11.7 Å². The summed E-state index contributed by atoms with van der Waals surface area (Å²) in [7, 11) is 0. The van der Waals surface area contributed by atoms with Gasteiger partial charge >= 0.3 is 6.18 Å². The number of nitrogens with zero attached hydrogens (tertiary/aromatic N) is 2. The van der Waals surface area contributed by atoms with Crippen molar-refractivity contribution in [3.8, 4) is 0 Å². The van der Waals surface area contributed by atoms with Crippen molar-refractivity contribution >= 4 is 23.2 Å². The lowest BCUT2D eigenvalue weighted by atomic mass is 10.1. The van der Waals surface area contributed by atoms with Crippen molar-refractivity contribution in [3.63, 3.8) is 0 Å². The molecule has 0 unspecified atom stereocenters. The van der Waals surface area contributed by atoms with E-state index in [1.54, 1.807) is 35.2 Å². The number of benzene rings is 2. The van der Waals surface area contributed by atoms with Gasteiger partial charge in [0.2, 0.25) is 5.91 Å². The minimum Gasteiger partial charge on any atom is -0.368 e. The Balaban J connectivity index is 1.56. The molecule has 2 amide bonds. The first-order chi connectivity index (χ1) is 14.8. The zero-order valence-corrected chi connectivity index (χ0v) is 17.4. The fourth-order valence-corrected chi connectivity index (χ4v) is 3.49. The van der Waals surface area contributed by atoms with Crippen LogP contribution in [0.3, 0.4) is 0 Å². The van der Waals surface area contributed by atoms with E-state index in [2.05, 4.69) is 5.32 Å². The van der Waals surface area contributed by atoms with Crippen molar-refractivity contribution in [1.82, 2.24) is 4.90 Å². The monoisotopic (exact) mass is 433 g/mol. The molecule has 0 bridgehead atoms. The standard InChI is InChI=1S/C23H26F3N3O2/c1-2-3-7-21(30)27-19-10-8-17(9-11-19)22(31)29-14-12-28(13-15-29)20-6-4-5-18(16-20)23(24,25)26/h4-6,8-11,16H,2-3,7,12-15H2,1H3,(H,27,30). The maximum Gasteiger partial charge on any atom is 0.416 e. The van der Waals surface area contributed by atoms with Crippen LogP contribution in [0.25, 0.3) is 0 Å². The van der Waals surface area contributed by atoms with Gasteiger partial charge in [-0.15, -0.1) is 0 Å². The molecule has 0 aromatic heterocycles. The van der Waals surface area contributed by atoms with Crippen molar-refractivity contribution in [2.24, 2.45) is 0 Å². The molecule has 8 heteroatoms. The fourth-order valence-electron chi connectivity index (χ4n) is 3.49. The summed E-state index contributed by atoms with van der Waals surface area (Å²) < 4.78 is 38.8. The van der Waals surface area contributed by atoms with E-state index in [1.807, 2.05) is 11.8 Å². The van der Waals surface area contributed by atoms with Crippen LogP contribution in [-0.4, -0.2) is 42.9 Å². The minimum atomic E-state index is -4.38. The highest BCUT2D eigenvalue weighted by Crippen LogP contribution is 2.32. The molecule has 0 radical (unpaired) electrons. The van der Waals surface area contributed by atoms with E-state index in [-0.39, 0.29) is 11.8 Å². The first kappa shape index (κ1) is 22.7. The lowest BCUT2D eigenvalue weighted by Crippen LogP contribution is -2.48. The maximum absolute atomic E-state index is 12.9. The first-order valence-electron chi connectivity index (χ1n) is 10.4. The number of rotatable bonds is 6. The molecule has 31 heavy (non-hydrogen) atoms. The Morgan fingerprint density at radius 3 is 2.29 bits per heavy atom. The fraction of sp³-hybridized carbons (Fsp3) is 0.391. The molecule has 0 aliphatic carbocycles. The number of piperazine rings is 1. The molecule has 1 saturated heterocycles. The van der Waals surface area contributed by atoms with Crippen LogP contribution in [0.4, 0.5) is 24.5 Å². The number of carbonyl (C=O) groups is 2. The SMILES string of the molecule is CCCCC(=O)Nc1ccc(C(=O)N2CCN(c3cccc(C(F)(F)F)c3)CC2)cc1. The van der Waals surface area contributed by atoms with Crippen LogP contribution < -0.4 is 10.2 Å². The smallest absolute Gasteiger partial charge is 0.368 e. The largest absolute Gasteiger partial charge is 0.416 e. The molecule has 5 nitrogen and oxygen atoms in total. The number of unbranched alkanes of at least 4 members (excludes halogenated alkanes) is 1. The molecule has 2 aromatic rings. The van der Waals surface area contributed by atoms with Gasteiger partial charge in [0.15, 0.2) is 0 Å². The van der Waals surface area contributed by atoms with Crippen molar-refractivity contribution in [2.45, 2.75) is 32.4 Å². The van der Waals surface area contributed by atoms with Gasteiger partial charge in [0.05, 0.1) is 5.56 Å². The van der Waals surface area contributed by atoms with Crippen LogP contribution in [0.15, 0.2) is 48.5 Å². The Kier molecular flexibility index (Phi) is 7.20. The van der Waals surface area contributed by atoms with Crippen molar-refractivity contribution in [2.75, 3.05) is 36.4 Å². The third-order valence-corrected chi connectivity index (χ3v) is 5.28. The van der Waals surface area contributed by atoms with E-state index in [9.17, 15) is 22.8 Å². The molecule has 1 aliphatic heterocycles. The molecular formula is C23H26F3N3O2. The second-order valence-corrected chi connectivity index (χ2v) is 7.56. The number of hydrogen-bond donors (Lipinski definition) is 1. The zero-order chi connectivity index (χ0) is 22.4. The third-order valence-electron chi connectivity index (χ3n) is 5.28. The number of nitrogens with one attached hydrogen (secondary N) is 1. The van der Waals surface area contributed by atoms with Crippen LogP contribution >= 0.6 is 0 Å². The van der Waals surface area contributed by atoms with Gasteiger partial charge in [0.25, 0.3) is 5.91 Å². The van der Waals surface area contributed by atoms with Gasteiger partial charge < -0.3 is 15.1 Å². The van der Waals surface area contributed by atoms with Crippen LogP contribution in [0.1, 0.15) is 42.1 Å². The normalized spacial score (nSPS) is 14.5. The zero-order valence-electron chi connectivity index (χ0n) is 17.4. The average molecular weight is 433 g/mol. The van der Waals surface area contributed by atoms with Gasteiger partial charge in [-0.05, 0) is 48.9 Å². The van der Waals surface area contributed by atoms with Crippen LogP contribution in [0, 0.1) is 0 Å². The van der Waals surface area contributed by atoms with Gasteiger partial charge in [0, 0.05) is 49.5 Å². The molecule has 1 aliphatic rings. The summed E-state index contributed by atoms with van der Waals surface area (Å²) in [6.45, 7) is 3.78. The van der Waals surface area contributed by atoms with E-state index in [0.717, 1.165) is 25.0 Å². The lowest BCUT2D eigenvalue weighted by molar-refractivity contribution is -0.137. The third kappa shape index (κ3) is 5.99. The second-order valence-electron chi connectivity index (χ2n) is 7.56. The highest BCUT2D eigenvalue weighted by molar-refractivity contribution is 5.96. The first-order valence-corrected chi connectivity index (χ1v) is 10.4. The van der Waals surface area contributed by atoms with Gasteiger partial charge in [-0.1, -0.05) is 19.4 Å². The summed E-state index contributed by atoms with van der Waals surface area (Å²) in [6, 6.07) is 12.0. The van der Waals surface area contributed by atoms with E-state index in [0.29, 0.717) is 49.5 Å². The van der Waals surface area contributed by atoms with Crippen molar-refractivity contribution < 1.29 is 22.8 Å². The van der Waals surface area contributed by atoms with E-state index in [4.69, 9.17) is 0 Å². The topological polar surface area (TPSA) is 52.7 Å². The van der Waals surface area contributed by atoms with Gasteiger partial charge in [0.1, 0.15) is 0 Å². The molecule has 2 aromatic carbocycles. The Morgan fingerprint density at radius 1 is 1.00 bits per heavy atom. The quantitative estimate of drug-likeness (QED) is 0.712.